The lowest BCUT2D eigenvalue weighted by molar-refractivity contribution is -0.165. The van der Waals surface area contributed by atoms with Gasteiger partial charge in [0, 0.05) is 6.42 Å². The van der Waals surface area contributed by atoms with E-state index in [2.05, 4.69) is 10.2 Å². The number of thioether (sulfide) groups is 1. The second-order valence-electron chi connectivity index (χ2n) is 10.6. The highest BCUT2D eigenvalue weighted by Gasteiger charge is 2.45. The number of amides is 2. The molecule has 212 valence electrons. The Morgan fingerprint density at radius 2 is 1.73 bits per heavy atom. The SMILES string of the molecule is O=C(CN1CCCCC1)S[C@@H](Cc1ccccc1)C(=O)N[C@H]1Cc2ccccc2[C@H]2COC[C@@H](C(=O)O)N2C1=O. The van der Waals surface area contributed by atoms with Gasteiger partial charge in [-0.05, 0) is 49.0 Å². The summed E-state index contributed by atoms with van der Waals surface area (Å²) in [5, 5.41) is 12.0. The van der Waals surface area contributed by atoms with Crippen LogP contribution in [0.25, 0.3) is 0 Å². The van der Waals surface area contributed by atoms with Crippen LogP contribution in [0.4, 0.5) is 0 Å². The van der Waals surface area contributed by atoms with Gasteiger partial charge in [-0.2, -0.15) is 0 Å². The average Bonchev–Trinajstić information content (AvgIpc) is 3.08. The van der Waals surface area contributed by atoms with E-state index in [1.807, 2.05) is 54.6 Å². The van der Waals surface area contributed by atoms with E-state index in [4.69, 9.17) is 4.74 Å². The van der Waals surface area contributed by atoms with Gasteiger partial charge >= 0.3 is 5.97 Å². The third-order valence-corrected chi connectivity index (χ3v) is 8.90. The summed E-state index contributed by atoms with van der Waals surface area (Å²) in [6, 6.07) is 14.3. The van der Waals surface area contributed by atoms with Crippen molar-refractivity contribution < 1.29 is 29.0 Å². The molecule has 10 heteroatoms. The predicted molar refractivity (Wildman–Crippen MR) is 151 cm³/mol. The van der Waals surface area contributed by atoms with Crippen LogP contribution in [0.1, 0.15) is 42.0 Å². The molecule has 2 N–H and O–H groups in total. The fourth-order valence-electron chi connectivity index (χ4n) is 5.83. The lowest BCUT2D eigenvalue weighted by atomic mass is 9.97. The number of carboxylic acid groups (broad SMARTS) is 1. The molecule has 9 nitrogen and oxygen atoms in total. The summed E-state index contributed by atoms with van der Waals surface area (Å²) in [4.78, 5) is 56.3. The number of hydrogen-bond donors (Lipinski definition) is 2. The van der Waals surface area contributed by atoms with Crippen molar-refractivity contribution in [3.05, 3.63) is 71.3 Å². The summed E-state index contributed by atoms with van der Waals surface area (Å²) < 4.78 is 5.59. The minimum absolute atomic E-state index is 0.0743. The Labute approximate surface area is 238 Å². The molecule has 0 unspecified atom stereocenters. The number of fused-ring (bicyclic) bond motifs is 3. The molecule has 0 bridgehead atoms. The van der Waals surface area contributed by atoms with E-state index < -0.39 is 41.2 Å². The Bertz CT molecular complexity index is 1230. The standard InChI is InChI=1S/C30H35N3O6S/c34-27(17-32-13-7-2-8-14-32)40-26(15-20-9-3-1-4-10-20)28(35)31-23-16-21-11-5-6-12-22(21)24-18-39-19-25(30(37)38)33(24)29(23)36/h1,3-6,9-12,23-26H,2,7-8,13-19H2,(H,31,35)(H,37,38)/t23-,24+,25-,26-/m0/s1. The van der Waals surface area contributed by atoms with Gasteiger partial charge in [0.1, 0.15) is 6.04 Å². The highest BCUT2D eigenvalue weighted by Crippen LogP contribution is 2.34. The molecule has 3 heterocycles. The van der Waals surface area contributed by atoms with Gasteiger partial charge in [0.2, 0.25) is 16.9 Å². The first kappa shape index (κ1) is 28.3. The van der Waals surface area contributed by atoms with Crippen LogP contribution in [0.2, 0.25) is 0 Å². The van der Waals surface area contributed by atoms with Gasteiger partial charge in [-0.1, -0.05) is 72.8 Å². The smallest absolute Gasteiger partial charge is 0.328 e. The number of carboxylic acids is 1. The molecule has 2 aromatic rings. The van der Waals surface area contributed by atoms with Crippen molar-refractivity contribution in [2.24, 2.45) is 0 Å². The fraction of sp³-hybridized carbons (Fsp3) is 0.467. The molecule has 2 fully saturated rings. The van der Waals surface area contributed by atoms with Crippen molar-refractivity contribution >= 4 is 34.7 Å². The number of piperidine rings is 1. The normalized spacial score (nSPS) is 23.9. The van der Waals surface area contributed by atoms with E-state index in [0.29, 0.717) is 6.42 Å². The number of hydrogen-bond acceptors (Lipinski definition) is 7. The molecule has 40 heavy (non-hydrogen) atoms. The summed E-state index contributed by atoms with van der Waals surface area (Å²) in [6.07, 6.45) is 3.86. The monoisotopic (exact) mass is 565 g/mol. The first-order valence-electron chi connectivity index (χ1n) is 13.9. The maximum Gasteiger partial charge on any atom is 0.328 e. The molecule has 0 aromatic heterocycles. The molecular weight excluding hydrogens is 530 g/mol. The lowest BCUT2D eigenvalue weighted by Crippen LogP contribution is -2.59. The molecule has 3 aliphatic heterocycles. The Balaban J connectivity index is 1.38. The summed E-state index contributed by atoms with van der Waals surface area (Å²) in [6.45, 7) is 2.11. The number of ether oxygens (including phenoxy) is 1. The highest BCUT2D eigenvalue weighted by atomic mass is 32.2. The summed E-state index contributed by atoms with van der Waals surface area (Å²) in [7, 11) is 0. The molecule has 0 saturated carbocycles. The van der Waals surface area contributed by atoms with Crippen molar-refractivity contribution in [2.45, 2.75) is 55.5 Å². The Hall–Kier alpha value is -3.21. The van der Waals surface area contributed by atoms with Crippen molar-refractivity contribution in [3.8, 4) is 0 Å². The quantitative estimate of drug-likeness (QED) is 0.502. The molecule has 0 spiro atoms. The zero-order valence-corrected chi connectivity index (χ0v) is 23.2. The molecule has 2 aromatic carbocycles. The second-order valence-corrected chi connectivity index (χ2v) is 11.9. The third-order valence-electron chi connectivity index (χ3n) is 7.85. The molecule has 3 aliphatic rings. The summed E-state index contributed by atoms with van der Waals surface area (Å²) in [5.74, 6) is -2.01. The van der Waals surface area contributed by atoms with Crippen LogP contribution < -0.4 is 5.32 Å². The number of benzene rings is 2. The topological polar surface area (TPSA) is 116 Å². The largest absolute Gasteiger partial charge is 0.480 e. The van der Waals surface area contributed by atoms with Gasteiger partial charge in [0.05, 0.1) is 31.1 Å². The van der Waals surface area contributed by atoms with E-state index in [1.165, 1.54) is 11.3 Å². The summed E-state index contributed by atoms with van der Waals surface area (Å²) in [5.41, 5.74) is 2.60. The molecular formula is C30H35N3O6S. The number of likely N-dealkylation sites (tertiary alicyclic amines) is 1. The second kappa shape index (κ2) is 13.0. The molecule has 2 saturated heterocycles. The molecule has 2 amide bonds. The van der Waals surface area contributed by atoms with Gasteiger partial charge in [-0.25, -0.2) is 4.79 Å². The Kier molecular flexibility index (Phi) is 9.18. The van der Waals surface area contributed by atoms with Crippen LogP contribution in [-0.4, -0.2) is 88.0 Å². The number of carbonyl (C=O) groups is 4. The van der Waals surface area contributed by atoms with Crippen LogP contribution in [0.15, 0.2) is 54.6 Å². The summed E-state index contributed by atoms with van der Waals surface area (Å²) >= 11 is 1.02. The van der Waals surface area contributed by atoms with Crippen molar-refractivity contribution in [3.63, 3.8) is 0 Å². The number of carbonyl (C=O) groups excluding carboxylic acids is 3. The van der Waals surface area contributed by atoms with Gasteiger partial charge in [-0.15, -0.1) is 0 Å². The highest BCUT2D eigenvalue weighted by molar-refractivity contribution is 8.14. The molecule has 4 atom stereocenters. The number of aliphatic carboxylic acids is 1. The maximum atomic E-state index is 13.9. The van der Waals surface area contributed by atoms with Crippen molar-refractivity contribution in [1.82, 2.24) is 15.1 Å². The van der Waals surface area contributed by atoms with Gasteiger partial charge in [-0.3, -0.25) is 19.3 Å². The maximum absolute atomic E-state index is 13.9. The average molecular weight is 566 g/mol. The van der Waals surface area contributed by atoms with Crippen LogP contribution >= 0.6 is 11.8 Å². The minimum Gasteiger partial charge on any atom is -0.480 e. The van der Waals surface area contributed by atoms with E-state index in [-0.39, 0.29) is 31.3 Å². The zero-order chi connectivity index (χ0) is 28.1. The van der Waals surface area contributed by atoms with E-state index >= 15 is 0 Å². The van der Waals surface area contributed by atoms with Crippen LogP contribution in [0.3, 0.4) is 0 Å². The predicted octanol–water partition coefficient (Wildman–Crippen LogP) is 2.44. The third kappa shape index (κ3) is 6.56. The van der Waals surface area contributed by atoms with Crippen LogP contribution in [0, 0.1) is 0 Å². The van der Waals surface area contributed by atoms with Crippen LogP contribution in [0.5, 0.6) is 0 Å². The fourth-order valence-corrected chi connectivity index (χ4v) is 6.85. The number of nitrogens with one attached hydrogen (secondary N) is 1. The number of rotatable bonds is 8. The van der Waals surface area contributed by atoms with Crippen LogP contribution in [-0.2, 0) is 36.8 Å². The van der Waals surface area contributed by atoms with Gasteiger partial charge in [0.25, 0.3) is 0 Å². The van der Waals surface area contributed by atoms with Crippen molar-refractivity contribution in [1.29, 1.82) is 0 Å². The Morgan fingerprint density at radius 3 is 2.48 bits per heavy atom. The van der Waals surface area contributed by atoms with Gasteiger partial charge < -0.3 is 20.1 Å². The molecule has 5 rings (SSSR count). The van der Waals surface area contributed by atoms with Gasteiger partial charge in [0.15, 0.2) is 6.04 Å². The molecule has 0 aliphatic carbocycles. The van der Waals surface area contributed by atoms with E-state index in [1.54, 1.807) is 0 Å². The molecule has 0 radical (unpaired) electrons. The first-order chi connectivity index (χ1) is 19.4. The minimum atomic E-state index is -1.16. The van der Waals surface area contributed by atoms with E-state index in [9.17, 15) is 24.3 Å². The number of nitrogens with zero attached hydrogens (tertiary/aromatic N) is 2. The van der Waals surface area contributed by atoms with E-state index in [0.717, 1.165) is 54.4 Å². The zero-order valence-electron chi connectivity index (χ0n) is 22.4. The lowest BCUT2D eigenvalue weighted by Gasteiger charge is -2.40. The van der Waals surface area contributed by atoms with Crippen molar-refractivity contribution in [2.75, 3.05) is 32.8 Å². The number of morpholine rings is 1. The first-order valence-corrected chi connectivity index (χ1v) is 14.8. The Morgan fingerprint density at radius 1 is 1.00 bits per heavy atom.